The largest absolute Gasteiger partial charge is 0.317 e. The van der Waals surface area contributed by atoms with Gasteiger partial charge in [-0.05, 0) is 61.7 Å². The number of benzene rings is 1. The second kappa shape index (κ2) is 7.48. The number of aromatic amines is 1. The van der Waals surface area contributed by atoms with Crippen molar-refractivity contribution in [3.63, 3.8) is 0 Å². The van der Waals surface area contributed by atoms with E-state index in [1.54, 1.807) is 12.4 Å². The molecule has 0 unspecified atom stereocenters. The Labute approximate surface area is 157 Å². The summed E-state index contributed by atoms with van der Waals surface area (Å²) in [6, 6.07) is 11.3. The van der Waals surface area contributed by atoms with Crippen LogP contribution in [0.5, 0.6) is 0 Å². The lowest BCUT2D eigenvalue weighted by Gasteiger charge is -2.23. The van der Waals surface area contributed by atoms with E-state index in [1.807, 2.05) is 41.1 Å². The van der Waals surface area contributed by atoms with Gasteiger partial charge in [-0.3, -0.25) is 19.6 Å². The monoisotopic (exact) mass is 368 g/mol. The highest BCUT2D eigenvalue weighted by Gasteiger charge is 2.21. The number of hydrogen-bond donors (Lipinski definition) is 2. The van der Waals surface area contributed by atoms with Crippen molar-refractivity contribution in [3.05, 3.63) is 64.2 Å². The predicted molar refractivity (Wildman–Crippen MR) is 104 cm³/mol. The fraction of sp³-hybridized carbons (Fsp3) is 0.300. The summed E-state index contributed by atoms with van der Waals surface area (Å²) in [5.74, 6) is 0.554. The fourth-order valence-electron chi connectivity index (χ4n) is 3.63. The molecule has 4 rings (SSSR count). The maximum atomic E-state index is 12.8. The van der Waals surface area contributed by atoms with Crippen molar-refractivity contribution in [3.8, 4) is 22.4 Å². The lowest BCUT2D eigenvalue weighted by atomic mass is 9.97. The second-order valence-electron chi connectivity index (χ2n) is 6.71. The Morgan fingerprint density at radius 1 is 1.04 bits per heavy atom. The molecule has 134 valence electrons. The average Bonchev–Trinajstić information content (AvgIpc) is 3.00. The number of nitrogens with zero attached hydrogens (tertiary/aromatic N) is 2. The first kappa shape index (κ1) is 17.1. The molecule has 3 heterocycles. The molecule has 0 amide bonds. The molecule has 1 saturated heterocycles. The van der Waals surface area contributed by atoms with Gasteiger partial charge in [0.2, 0.25) is 0 Å². The first-order chi connectivity index (χ1) is 12.7. The number of halogens is 1. The van der Waals surface area contributed by atoms with Gasteiger partial charge in [0, 0.05) is 29.5 Å². The van der Waals surface area contributed by atoms with Gasteiger partial charge in [0.1, 0.15) is 0 Å². The molecule has 2 N–H and O–H groups in total. The zero-order valence-electron chi connectivity index (χ0n) is 14.4. The molecule has 1 aliphatic heterocycles. The Morgan fingerprint density at radius 2 is 1.73 bits per heavy atom. The summed E-state index contributed by atoms with van der Waals surface area (Å²) in [5.41, 5.74) is 3.37. The Bertz CT molecular complexity index is 925. The number of H-pyrrole nitrogens is 1. The standard InChI is InChI=1S/C20H21ClN4O/c21-17-3-1-15(2-4-17)18-19(16-7-11-23-12-8-16)25(24-20(18)26)13-14-5-9-22-10-6-14/h1-4,7-8,11-12,14,22H,5-6,9-10,13H2,(H,24,26). The van der Waals surface area contributed by atoms with E-state index in [4.69, 9.17) is 11.6 Å². The van der Waals surface area contributed by atoms with Crippen LogP contribution in [0.2, 0.25) is 5.02 Å². The van der Waals surface area contributed by atoms with Gasteiger partial charge in [-0.1, -0.05) is 23.7 Å². The molecule has 0 aliphatic carbocycles. The molecule has 1 aromatic carbocycles. The van der Waals surface area contributed by atoms with Crippen LogP contribution >= 0.6 is 11.6 Å². The highest BCUT2D eigenvalue weighted by Crippen LogP contribution is 2.31. The normalized spacial score (nSPS) is 15.3. The van der Waals surface area contributed by atoms with Crippen molar-refractivity contribution in [1.82, 2.24) is 20.1 Å². The van der Waals surface area contributed by atoms with Crippen LogP contribution in [-0.2, 0) is 6.54 Å². The van der Waals surface area contributed by atoms with Crippen molar-refractivity contribution in [1.29, 1.82) is 0 Å². The number of nitrogens with one attached hydrogen (secondary N) is 2. The summed E-state index contributed by atoms with van der Waals surface area (Å²) < 4.78 is 2.01. The van der Waals surface area contributed by atoms with Crippen LogP contribution in [0, 0.1) is 5.92 Å². The minimum Gasteiger partial charge on any atom is -0.317 e. The van der Waals surface area contributed by atoms with E-state index in [0.717, 1.165) is 49.3 Å². The average molecular weight is 369 g/mol. The van der Waals surface area contributed by atoms with Crippen molar-refractivity contribution in [2.75, 3.05) is 13.1 Å². The maximum absolute atomic E-state index is 12.8. The summed E-state index contributed by atoms with van der Waals surface area (Å²) in [6.07, 6.45) is 5.75. The van der Waals surface area contributed by atoms with E-state index in [2.05, 4.69) is 15.4 Å². The first-order valence-corrected chi connectivity index (χ1v) is 9.30. The van der Waals surface area contributed by atoms with Crippen LogP contribution in [0.3, 0.4) is 0 Å². The zero-order chi connectivity index (χ0) is 17.9. The van der Waals surface area contributed by atoms with Gasteiger partial charge in [-0.15, -0.1) is 0 Å². The summed E-state index contributed by atoms with van der Waals surface area (Å²) in [6.45, 7) is 2.87. The van der Waals surface area contributed by atoms with Crippen LogP contribution < -0.4 is 10.9 Å². The molecule has 26 heavy (non-hydrogen) atoms. The Hall–Kier alpha value is -2.37. The molecular weight excluding hydrogens is 348 g/mol. The third kappa shape index (κ3) is 3.45. The van der Waals surface area contributed by atoms with Crippen LogP contribution in [0.15, 0.2) is 53.6 Å². The van der Waals surface area contributed by atoms with E-state index in [9.17, 15) is 4.79 Å². The Kier molecular flexibility index (Phi) is 4.91. The summed E-state index contributed by atoms with van der Waals surface area (Å²) >= 11 is 6.02. The van der Waals surface area contributed by atoms with Crippen LogP contribution in [0.25, 0.3) is 22.4 Å². The minimum absolute atomic E-state index is 0.0759. The highest BCUT2D eigenvalue weighted by atomic mass is 35.5. The van der Waals surface area contributed by atoms with E-state index >= 15 is 0 Å². The molecular formula is C20H21ClN4O. The van der Waals surface area contributed by atoms with Crippen molar-refractivity contribution in [2.45, 2.75) is 19.4 Å². The number of pyridine rings is 1. The maximum Gasteiger partial charge on any atom is 0.272 e. The van der Waals surface area contributed by atoms with Crippen LogP contribution in [-0.4, -0.2) is 27.9 Å². The molecule has 0 spiro atoms. The number of aromatic nitrogens is 3. The minimum atomic E-state index is -0.0759. The predicted octanol–water partition coefficient (Wildman–Crippen LogP) is 3.56. The smallest absolute Gasteiger partial charge is 0.272 e. The molecule has 5 nitrogen and oxygen atoms in total. The number of piperidine rings is 1. The first-order valence-electron chi connectivity index (χ1n) is 8.92. The number of hydrogen-bond acceptors (Lipinski definition) is 3. The molecule has 1 fully saturated rings. The third-order valence-electron chi connectivity index (χ3n) is 4.96. The van der Waals surface area contributed by atoms with Gasteiger partial charge < -0.3 is 5.32 Å². The van der Waals surface area contributed by atoms with Gasteiger partial charge >= 0.3 is 0 Å². The second-order valence-corrected chi connectivity index (χ2v) is 7.15. The quantitative estimate of drug-likeness (QED) is 0.740. The molecule has 0 bridgehead atoms. The lowest BCUT2D eigenvalue weighted by molar-refractivity contribution is 0.322. The van der Waals surface area contributed by atoms with E-state index in [1.165, 1.54) is 0 Å². The molecule has 6 heteroatoms. The molecule has 3 aromatic rings. The van der Waals surface area contributed by atoms with Crippen LogP contribution in [0.1, 0.15) is 12.8 Å². The Balaban J connectivity index is 1.82. The van der Waals surface area contributed by atoms with E-state index in [0.29, 0.717) is 16.5 Å². The number of rotatable bonds is 4. The molecule has 2 aromatic heterocycles. The van der Waals surface area contributed by atoms with Gasteiger partial charge in [-0.2, -0.15) is 0 Å². The summed E-state index contributed by atoms with van der Waals surface area (Å²) in [4.78, 5) is 16.9. The topological polar surface area (TPSA) is 62.7 Å². The Morgan fingerprint density at radius 3 is 2.42 bits per heavy atom. The zero-order valence-corrected chi connectivity index (χ0v) is 15.2. The van der Waals surface area contributed by atoms with Crippen molar-refractivity contribution in [2.24, 2.45) is 5.92 Å². The third-order valence-corrected chi connectivity index (χ3v) is 5.21. The SMILES string of the molecule is O=c1[nH]n(CC2CCNCC2)c(-c2ccncc2)c1-c1ccc(Cl)cc1. The van der Waals surface area contributed by atoms with Gasteiger partial charge in [-0.25, -0.2) is 0 Å². The van der Waals surface area contributed by atoms with E-state index in [-0.39, 0.29) is 5.56 Å². The molecule has 0 radical (unpaired) electrons. The highest BCUT2D eigenvalue weighted by molar-refractivity contribution is 6.30. The lowest BCUT2D eigenvalue weighted by Crippen LogP contribution is -2.30. The van der Waals surface area contributed by atoms with Crippen LogP contribution in [0.4, 0.5) is 0 Å². The van der Waals surface area contributed by atoms with Crippen molar-refractivity contribution < 1.29 is 0 Å². The molecule has 0 saturated carbocycles. The van der Waals surface area contributed by atoms with E-state index < -0.39 is 0 Å². The molecule has 0 atom stereocenters. The summed E-state index contributed by atoms with van der Waals surface area (Å²) in [5, 5.41) is 7.11. The van der Waals surface area contributed by atoms with Gasteiger partial charge in [0.25, 0.3) is 5.56 Å². The van der Waals surface area contributed by atoms with Gasteiger partial charge in [0.15, 0.2) is 0 Å². The summed E-state index contributed by atoms with van der Waals surface area (Å²) in [7, 11) is 0. The molecule has 1 aliphatic rings. The van der Waals surface area contributed by atoms with Gasteiger partial charge in [0.05, 0.1) is 11.3 Å². The van der Waals surface area contributed by atoms with Crippen molar-refractivity contribution >= 4 is 11.6 Å². The fourth-order valence-corrected chi connectivity index (χ4v) is 3.76.